The summed E-state index contributed by atoms with van der Waals surface area (Å²) in [5.41, 5.74) is 1.65. The molecule has 1 aliphatic rings. The van der Waals surface area contributed by atoms with Crippen molar-refractivity contribution in [1.29, 1.82) is 0 Å². The maximum atomic E-state index is 12.1. The number of hydrogen-bond acceptors (Lipinski definition) is 3. The Labute approximate surface area is 144 Å². The minimum atomic E-state index is -0.454. The first-order valence-electron chi connectivity index (χ1n) is 8.35. The zero-order valence-corrected chi connectivity index (χ0v) is 14.9. The van der Waals surface area contributed by atoms with Gasteiger partial charge in [0.05, 0.1) is 0 Å². The third kappa shape index (κ3) is 5.42. The topological polar surface area (TPSA) is 46.6 Å². The summed E-state index contributed by atoms with van der Waals surface area (Å²) in [6.07, 6.45) is 1.63. The van der Waals surface area contributed by atoms with Crippen molar-refractivity contribution in [2.24, 2.45) is 0 Å². The summed E-state index contributed by atoms with van der Waals surface area (Å²) in [5.74, 6) is 5.71. The van der Waals surface area contributed by atoms with E-state index in [1.165, 1.54) is 12.5 Å². The smallest absolute Gasteiger partial charge is 0.410 e. The van der Waals surface area contributed by atoms with Crippen LogP contribution in [0.15, 0.2) is 24.3 Å². The summed E-state index contributed by atoms with van der Waals surface area (Å²) in [5, 5.41) is 0. The number of amides is 1. The van der Waals surface area contributed by atoms with Gasteiger partial charge in [-0.3, -0.25) is 4.79 Å². The highest BCUT2D eigenvalue weighted by molar-refractivity contribution is 5.93. The van der Waals surface area contributed by atoms with E-state index >= 15 is 0 Å². The standard InChI is InChI=1S/C20H25NO3/c1-15(22)5-6-16-7-9-17(10-8-16)18-11-13-21(14-12-18)19(23)24-20(2,3)4/h7-10,18H,11-14H2,1-4H3. The van der Waals surface area contributed by atoms with Gasteiger partial charge in [-0.25, -0.2) is 4.79 Å². The third-order valence-electron chi connectivity index (χ3n) is 3.91. The second-order valence-corrected chi connectivity index (χ2v) is 7.17. The fourth-order valence-electron chi connectivity index (χ4n) is 2.72. The molecule has 1 heterocycles. The quantitative estimate of drug-likeness (QED) is 0.738. The zero-order chi connectivity index (χ0) is 17.7. The van der Waals surface area contributed by atoms with E-state index in [9.17, 15) is 9.59 Å². The molecule has 1 aliphatic heterocycles. The maximum absolute atomic E-state index is 12.1. The van der Waals surface area contributed by atoms with E-state index in [4.69, 9.17) is 4.74 Å². The molecule has 1 aromatic rings. The van der Waals surface area contributed by atoms with Gasteiger partial charge in [0.25, 0.3) is 0 Å². The van der Waals surface area contributed by atoms with Crippen LogP contribution in [0.25, 0.3) is 0 Å². The molecule has 0 saturated carbocycles. The van der Waals surface area contributed by atoms with E-state index < -0.39 is 5.60 Å². The molecule has 4 nitrogen and oxygen atoms in total. The van der Waals surface area contributed by atoms with E-state index in [1.807, 2.05) is 32.9 Å². The SMILES string of the molecule is CC(=O)C#Cc1ccc(C2CCN(C(=O)OC(C)(C)C)CC2)cc1. The van der Waals surface area contributed by atoms with Crippen LogP contribution in [0, 0.1) is 11.8 Å². The van der Waals surface area contributed by atoms with E-state index in [1.54, 1.807) is 4.90 Å². The predicted molar refractivity (Wildman–Crippen MR) is 93.8 cm³/mol. The molecule has 4 heteroatoms. The van der Waals surface area contributed by atoms with Gasteiger partial charge in [0.2, 0.25) is 5.78 Å². The molecule has 0 aromatic heterocycles. The van der Waals surface area contributed by atoms with E-state index in [-0.39, 0.29) is 11.9 Å². The minimum absolute atomic E-state index is 0.131. The monoisotopic (exact) mass is 327 g/mol. The van der Waals surface area contributed by atoms with Crippen LogP contribution < -0.4 is 0 Å². The Kier molecular flexibility index (Phi) is 5.66. The van der Waals surface area contributed by atoms with Crippen LogP contribution in [-0.4, -0.2) is 35.5 Å². The largest absolute Gasteiger partial charge is 0.444 e. The van der Waals surface area contributed by atoms with Gasteiger partial charge in [-0.2, -0.15) is 0 Å². The molecular formula is C20H25NO3. The van der Waals surface area contributed by atoms with Gasteiger partial charge < -0.3 is 9.64 Å². The normalized spacial score (nSPS) is 15.4. The molecule has 1 aromatic carbocycles. The lowest BCUT2D eigenvalue weighted by Gasteiger charge is -2.33. The van der Waals surface area contributed by atoms with Crippen molar-refractivity contribution in [1.82, 2.24) is 4.90 Å². The molecule has 2 rings (SSSR count). The van der Waals surface area contributed by atoms with Crippen molar-refractivity contribution < 1.29 is 14.3 Å². The highest BCUT2D eigenvalue weighted by atomic mass is 16.6. The number of carbonyl (C=O) groups excluding carboxylic acids is 2. The molecule has 1 saturated heterocycles. The van der Waals surface area contributed by atoms with Crippen LogP contribution in [0.1, 0.15) is 57.6 Å². The van der Waals surface area contributed by atoms with Crippen LogP contribution in [0.5, 0.6) is 0 Å². The van der Waals surface area contributed by atoms with Crippen molar-refractivity contribution in [2.45, 2.75) is 52.1 Å². The van der Waals surface area contributed by atoms with Crippen LogP contribution >= 0.6 is 0 Å². The molecule has 0 radical (unpaired) electrons. The predicted octanol–water partition coefficient (Wildman–Crippen LogP) is 3.74. The van der Waals surface area contributed by atoms with Crippen molar-refractivity contribution in [3.8, 4) is 11.8 Å². The number of benzene rings is 1. The molecule has 0 aliphatic carbocycles. The molecule has 24 heavy (non-hydrogen) atoms. The molecule has 128 valence electrons. The fourth-order valence-corrected chi connectivity index (χ4v) is 2.72. The Morgan fingerprint density at radius 3 is 2.21 bits per heavy atom. The summed E-state index contributed by atoms with van der Waals surface area (Å²) in [6.45, 7) is 8.54. The Morgan fingerprint density at radius 2 is 1.71 bits per heavy atom. The number of nitrogens with zero attached hydrogens (tertiary/aromatic N) is 1. The molecule has 0 spiro atoms. The fraction of sp³-hybridized carbons (Fsp3) is 0.500. The van der Waals surface area contributed by atoms with Gasteiger partial charge in [0.15, 0.2) is 0 Å². The Morgan fingerprint density at radius 1 is 1.12 bits per heavy atom. The van der Waals surface area contributed by atoms with E-state index in [2.05, 4.69) is 24.0 Å². The highest BCUT2D eigenvalue weighted by Crippen LogP contribution is 2.28. The minimum Gasteiger partial charge on any atom is -0.444 e. The molecule has 0 atom stereocenters. The first kappa shape index (κ1) is 18.1. The number of ketones is 1. The number of hydrogen-bond donors (Lipinski definition) is 0. The number of likely N-dealkylation sites (tertiary alicyclic amines) is 1. The number of ether oxygens (including phenoxy) is 1. The van der Waals surface area contributed by atoms with Gasteiger partial charge in [0.1, 0.15) is 5.60 Å². The zero-order valence-electron chi connectivity index (χ0n) is 14.9. The number of piperidine rings is 1. The molecule has 0 bridgehead atoms. The summed E-state index contributed by atoms with van der Waals surface area (Å²) < 4.78 is 5.42. The average molecular weight is 327 g/mol. The molecule has 0 N–H and O–H groups in total. The van der Waals surface area contributed by atoms with Crippen LogP contribution in [-0.2, 0) is 9.53 Å². The third-order valence-corrected chi connectivity index (χ3v) is 3.91. The van der Waals surface area contributed by atoms with Gasteiger partial charge >= 0.3 is 6.09 Å². The van der Waals surface area contributed by atoms with Crippen molar-refractivity contribution in [3.05, 3.63) is 35.4 Å². The molecular weight excluding hydrogens is 302 g/mol. The van der Waals surface area contributed by atoms with E-state index in [0.717, 1.165) is 18.4 Å². The number of carbonyl (C=O) groups is 2. The second-order valence-electron chi connectivity index (χ2n) is 7.17. The summed E-state index contributed by atoms with van der Waals surface area (Å²) >= 11 is 0. The van der Waals surface area contributed by atoms with Crippen LogP contribution in [0.4, 0.5) is 4.79 Å². The van der Waals surface area contributed by atoms with Crippen molar-refractivity contribution in [2.75, 3.05) is 13.1 Å². The summed E-state index contributed by atoms with van der Waals surface area (Å²) in [4.78, 5) is 24.8. The molecule has 1 fully saturated rings. The Hall–Kier alpha value is -2.28. The molecule has 0 unspecified atom stereocenters. The van der Waals surface area contributed by atoms with Gasteiger partial charge in [-0.15, -0.1) is 0 Å². The number of Topliss-reactive ketones (excluding diaryl/α,β-unsaturated/α-hetero) is 1. The van der Waals surface area contributed by atoms with Crippen molar-refractivity contribution >= 4 is 11.9 Å². The van der Waals surface area contributed by atoms with Crippen LogP contribution in [0.3, 0.4) is 0 Å². The Balaban J connectivity index is 1.92. The maximum Gasteiger partial charge on any atom is 0.410 e. The van der Waals surface area contributed by atoms with Crippen LogP contribution in [0.2, 0.25) is 0 Å². The van der Waals surface area contributed by atoms with Gasteiger partial charge in [-0.05, 0) is 63.1 Å². The average Bonchev–Trinajstić information content (AvgIpc) is 2.52. The van der Waals surface area contributed by atoms with E-state index in [0.29, 0.717) is 19.0 Å². The summed E-state index contributed by atoms with van der Waals surface area (Å²) in [6, 6.07) is 8.03. The second kappa shape index (κ2) is 7.53. The van der Waals surface area contributed by atoms with Crippen molar-refractivity contribution in [3.63, 3.8) is 0 Å². The lowest BCUT2D eigenvalue weighted by molar-refractivity contribution is -0.111. The first-order valence-corrected chi connectivity index (χ1v) is 8.35. The first-order chi connectivity index (χ1) is 11.2. The highest BCUT2D eigenvalue weighted by Gasteiger charge is 2.27. The molecule has 1 amide bonds. The lowest BCUT2D eigenvalue weighted by Crippen LogP contribution is -2.41. The van der Waals surface area contributed by atoms with Gasteiger partial charge in [-0.1, -0.05) is 18.1 Å². The number of rotatable bonds is 1. The summed E-state index contributed by atoms with van der Waals surface area (Å²) in [7, 11) is 0. The Bertz CT molecular complexity index is 651. The lowest BCUT2D eigenvalue weighted by atomic mass is 9.89. The van der Waals surface area contributed by atoms with Gasteiger partial charge in [0, 0.05) is 25.6 Å².